The predicted octanol–water partition coefficient (Wildman–Crippen LogP) is 3.23. The molecule has 2 aromatic rings. The molecule has 1 amide bonds. The minimum Gasteiger partial charge on any atom is -0.431 e. The maximum Gasteiger partial charge on any atom is 0.430 e. The second kappa shape index (κ2) is 7.55. The molecule has 4 heterocycles. The minimum atomic E-state index is -4.97. The van der Waals surface area contributed by atoms with Crippen molar-refractivity contribution in [2.45, 2.75) is 25.1 Å². The largest absolute Gasteiger partial charge is 0.431 e. The first-order chi connectivity index (χ1) is 14.5. The Morgan fingerprint density at radius 3 is 2.48 bits per heavy atom. The molecule has 0 saturated carbocycles. The van der Waals surface area contributed by atoms with E-state index in [4.69, 9.17) is 0 Å². The molecule has 0 spiro atoms. The van der Waals surface area contributed by atoms with Crippen molar-refractivity contribution in [1.29, 1.82) is 0 Å². The van der Waals surface area contributed by atoms with Crippen LogP contribution < -0.4 is 15.5 Å². The van der Waals surface area contributed by atoms with Gasteiger partial charge in [-0.2, -0.15) is 13.2 Å². The highest BCUT2D eigenvalue weighted by molar-refractivity contribution is 5.88. The lowest BCUT2D eigenvalue weighted by Crippen LogP contribution is -2.44. The number of carbonyl (C=O) groups excluding carboxylic acids is 1. The average Bonchev–Trinajstić information content (AvgIpc) is 2.71. The summed E-state index contributed by atoms with van der Waals surface area (Å²) in [5, 5.41) is 5.21. The summed E-state index contributed by atoms with van der Waals surface area (Å²) in [7, 11) is 0. The quantitative estimate of drug-likeness (QED) is 0.703. The number of carbonyl (C=O) groups is 1. The smallest absolute Gasteiger partial charge is 0.430 e. The molecule has 2 aliphatic heterocycles. The van der Waals surface area contributed by atoms with Crippen LogP contribution in [0.15, 0.2) is 18.5 Å². The molecule has 2 N–H and O–H groups in total. The van der Waals surface area contributed by atoms with Crippen LogP contribution in [0.25, 0.3) is 11.4 Å². The van der Waals surface area contributed by atoms with Crippen LogP contribution in [0.5, 0.6) is 0 Å². The number of amides is 1. The molecular formula is C18H17F5N6O2. The fourth-order valence-electron chi connectivity index (χ4n) is 3.42. The van der Waals surface area contributed by atoms with Crippen LogP contribution in [-0.2, 0) is 10.7 Å². The number of nitrogens with one attached hydrogen (secondary N) is 2. The Labute approximate surface area is 172 Å². The van der Waals surface area contributed by atoms with Crippen molar-refractivity contribution in [2.24, 2.45) is 0 Å². The molecule has 0 radical (unpaired) electrons. The SMILES string of the molecule is CC(F)(F)c1cc(-c2ncnc3c2[C@H](C(F)(F)F)OC(=O)N3)nc(N2CCNCC2)c1. The van der Waals surface area contributed by atoms with Crippen LogP contribution in [0.1, 0.15) is 24.2 Å². The zero-order valence-corrected chi connectivity index (χ0v) is 16.1. The maximum absolute atomic E-state index is 14.2. The third-order valence-corrected chi connectivity index (χ3v) is 4.89. The van der Waals surface area contributed by atoms with Crippen LogP contribution in [0.3, 0.4) is 0 Å². The van der Waals surface area contributed by atoms with Gasteiger partial charge in [-0.25, -0.2) is 28.5 Å². The lowest BCUT2D eigenvalue weighted by molar-refractivity contribution is -0.206. The van der Waals surface area contributed by atoms with E-state index in [1.807, 2.05) is 0 Å². The molecule has 4 rings (SSSR count). The lowest BCUT2D eigenvalue weighted by atomic mass is 10.0. The number of aromatic nitrogens is 3. The van der Waals surface area contributed by atoms with E-state index in [0.717, 1.165) is 12.4 Å². The summed E-state index contributed by atoms with van der Waals surface area (Å²) in [6.07, 6.45) is -8.04. The van der Waals surface area contributed by atoms with Crippen LogP contribution >= 0.6 is 0 Å². The molecule has 2 aliphatic rings. The molecule has 166 valence electrons. The number of nitrogens with zero attached hydrogens (tertiary/aromatic N) is 4. The molecule has 0 aromatic carbocycles. The highest BCUT2D eigenvalue weighted by Gasteiger charge is 2.50. The van der Waals surface area contributed by atoms with E-state index in [1.165, 1.54) is 6.07 Å². The van der Waals surface area contributed by atoms with E-state index in [2.05, 4.69) is 30.3 Å². The van der Waals surface area contributed by atoms with Gasteiger partial charge in [0, 0.05) is 38.7 Å². The first-order valence-electron chi connectivity index (χ1n) is 9.29. The lowest BCUT2D eigenvalue weighted by Gasteiger charge is -2.30. The first kappa shape index (κ1) is 21.2. The Balaban J connectivity index is 1.90. The van der Waals surface area contributed by atoms with Crippen molar-refractivity contribution < 1.29 is 31.5 Å². The Hall–Kier alpha value is -3.09. The molecule has 0 bridgehead atoms. The molecule has 1 saturated heterocycles. The molecule has 1 fully saturated rings. The number of rotatable bonds is 3. The van der Waals surface area contributed by atoms with Gasteiger partial charge in [0.1, 0.15) is 23.7 Å². The Morgan fingerprint density at radius 2 is 1.84 bits per heavy atom. The Kier molecular flexibility index (Phi) is 5.15. The van der Waals surface area contributed by atoms with Crippen molar-refractivity contribution in [3.05, 3.63) is 29.6 Å². The summed E-state index contributed by atoms with van der Waals surface area (Å²) < 4.78 is 73.7. The zero-order chi connectivity index (χ0) is 22.4. The zero-order valence-electron chi connectivity index (χ0n) is 16.1. The van der Waals surface area contributed by atoms with Crippen molar-refractivity contribution >= 4 is 17.7 Å². The average molecular weight is 444 g/mol. The van der Waals surface area contributed by atoms with Gasteiger partial charge in [0.2, 0.25) is 6.10 Å². The number of cyclic esters (lactones) is 1. The van der Waals surface area contributed by atoms with Gasteiger partial charge in [0.05, 0.1) is 11.3 Å². The van der Waals surface area contributed by atoms with E-state index in [9.17, 15) is 26.7 Å². The van der Waals surface area contributed by atoms with Gasteiger partial charge < -0.3 is 15.0 Å². The molecule has 0 unspecified atom stereocenters. The summed E-state index contributed by atoms with van der Waals surface area (Å²) in [5.74, 6) is -3.50. The number of pyridine rings is 1. The van der Waals surface area contributed by atoms with Crippen LogP contribution in [0, 0.1) is 0 Å². The number of alkyl halides is 5. The van der Waals surface area contributed by atoms with E-state index in [1.54, 1.807) is 4.90 Å². The molecule has 13 heteroatoms. The van der Waals surface area contributed by atoms with Gasteiger partial charge in [0.15, 0.2) is 0 Å². The van der Waals surface area contributed by atoms with E-state index >= 15 is 0 Å². The summed E-state index contributed by atoms with van der Waals surface area (Å²) >= 11 is 0. The minimum absolute atomic E-state index is 0.187. The second-order valence-corrected chi connectivity index (χ2v) is 7.16. The monoisotopic (exact) mass is 444 g/mol. The topological polar surface area (TPSA) is 92.3 Å². The van der Waals surface area contributed by atoms with E-state index in [0.29, 0.717) is 33.1 Å². The van der Waals surface area contributed by atoms with E-state index < -0.39 is 41.2 Å². The number of halogens is 5. The van der Waals surface area contributed by atoms with Gasteiger partial charge >= 0.3 is 12.3 Å². The summed E-state index contributed by atoms with van der Waals surface area (Å²) in [4.78, 5) is 25.2. The third kappa shape index (κ3) is 4.22. The highest BCUT2D eigenvalue weighted by Crippen LogP contribution is 2.45. The molecule has 0 aliphatic carbocycles. The third-order valence-electron chi connectivity index (χ3n) is 4.89. The van der Waals surface area contributed by atoms with Gasteiger partial charge in [-0.1, -0.05) is 0 Å². The van der Waals surface area contributed by atoms with Gasteiger partial charge in [-0.15, -0.1) is 0 Å². The number of anilines is 2. The fraction of sp³-hybridized carbons (Fsp3) is 0.444. The van der Waals surface area contributed by atoms with Crippen molar-refractivity contribution in [1.82, 2.24) is 20.3 Å². The summed E-state index contributed by atoms with van der Waals surface area (Å²) in [5.41, 5.74) is -1.58. The number of hydrogen-bond donors (Lipinski definition) is 2. The highest BCUT2D eigenvalue weighted by atomic mass is 19.4. The van der Waals surface area contributed by atoms with Crippen LogP contribution in [0.2, 0.25) is 0 Å². The second-order valence-electron chi connectivity index (χ2n) is 7.16. The molecule has 1 atom stereocenters. The standard InChI is InChI=1S/C18H17F5N6O2/c1-17(19,20)9-6-10(27-11(7-9)29-4-2-24-3-5-29)13-12-14(18(21,22)23)31-16(30)28-15(12)26-8-25-13/h6-8,14,24H,2-5H2,1H3,(H,25,26,28,30)/t14-/m1/s1. The summed E-state index contributed by atoms with van der Waals surface area (Å²) in [6, 6.07) is 2.19. The number of piperazine rings is 1. The Morgan fingerprint density at radius 1 is 1.13 bits per heavy atom. The Bertz CT molecular complexity index is 1000. The first-order valence-corrected chi connectivity index (χ1v) is 9.29. The summed E-state index contributed by atoms with van der Waals surface area (Å²) in [6.45, 7) is 2.85. The molecule has 8 nitrogen and oxygen atoms in total. The van der Waals surface area contributed by atoms with Crippen LogP contribution in [-0.4, -0.2) is 53.4 Å². The van der Waals surface area contributed by atoms with Gasteiger partial charge in [0.25, 0.3) is 5.92 Å². The predicted molar refractivity (Wildman–Crippen MR) is 98.8 cm³/mol. The van der Waals surface area contributed by atoms with Gasteiger partial charge in [-0.05, 0) is 12.1 Å². The van der Waals surface area contributed by atoms with Crippen molar-refractivity contribution in [3.8, 4) is 11.4 Å². The molecule has 2 aromatic heterocycles. The van der Waals surface area contributed by atoms with E-state index in [-0.39, 0.29) is 17.2 Å². The fourth-order valence-corrected chi connectivity index (χ4v) is 3.42. The number of fused-ring (bicyclic) bond motifs is 1. The number of hydrogen-bond acceptors (Lipinski definition) is 7. The van der Waals surface area contributed by atoms with Crippen LogP contribution in [0.4, 0.5) is 38.4 Å². The molecular weight excluding hydrogens is 427 g/mol. The number of ether oxygens (including phenoxy) is 1. The van der Waals surface area contributed by atoms with Crippen molar-refractivity contribution in [2.75, 3.05) is 36.4 Å². The van der Waals surface area contributed by atoms with Gasteiger partial charge in [-0.3, -0.25) is 5.32 Å². The normalized spacial score (nSPS) is 19.5. The molecule has 31 heavy (non-hydrogen) atoms. The maximum atomic E-state index is 14.2. The van der Waals surface area contributed by atoms with Crippen molar-refractivity contribution in [3.63, 3.8) is 0 Å².